The number of carbonyl (C=O) groups is 1. The molecule has 2 unspecified atom stereocenters. The Morgan fingerprint density at radius 3 is 2.55 bits per heavy atom. The second-order valence-electron chi connectivity index (χ2n) is 4.76. The first kappa shape index (κ1) is 18.3. The highest BCUT2D eigenvalue weighted by molar-refractivity contribution is 7.89. The number of nitrogens with zero attached hydrogens (tertiary/aromatic N) is 1. The minimum Gasteiger partial charge on any atom is -0.368 e. The lowest BCUT2D eigenvalue weighted by Crippen LogP contribution is -2.48. The maximum absolute atomic E-state index is 12.3. The molecule has 10 heteroatoms. The number of rotatable bonds is 7. The van der Waals surface area contributed by atoms with Gasteiger partial charge in [0.15, 0.2) is 4.90 Å². The van der Waals surface area contributed by atoms with Crippen LogP contribution in [-0.2, 0) is 14.8 Å². The Bertz CT molecular complexity index is 692. The Hall–Kier alpha value is -1.71. The van der Waals surface area contributed by atoms with Gasteiger partial charge in [0, 0.05) is 11.1 Å². The van der Waals surface area contributed by atoms with E-state index in [9.17, 15) is 23.3 Å². The number of hydrogen-bond donors (Lipinski definition) is 2. The summed E-state index contributed by atoms with van der Waals surface area (Å²) in [6.07, 6.45) is 0.499. The maximum Gasteiger partial charge on any atom is 0.290 e. The van der Waals surface area contributed by atoms with Crippen molar-refractivity contribution in [3.8, 4) is 0 Å². The molecule has 1 amide bonds. The quantitative estimate of drug-likeness (QED) is 0.567. The molecule has 122 valence electrons. The van der Waals surface area contributed by atoms with Crippen LogP contribution in [0.3, 0.4) is 0 Å². The van der Waals surface area contributed by atoms with Crippen molar-refractivity contribution >= 4 is 33.2 Å². The first-order valence-electron chi connectivity index (χ1n) is 6.35. The van der Waals surface area contributed by atoms with Crippen LogP contribution >= 0.6 is 11.6 Å². The number of halogens is 1. The van der Waals surface area contributed by atoms with E-state index in [0.29, 0.717) is 6.42 Å². The van der Waals surface area contributed by atoms with Crippen LogP contribution in [0.4, 0.5) is 5.69 Å². The Morgan fingerprint density at radius 2 is 2.09 bits per heavy atom. The van der Waals surface area contributed by atoms with Crippen molar-refractivity contribution in [1.29, 1.82) is 0 Å². The van der Waals surface area contributed by atoms with Crippen molar-refractivity contribution in [3.63, 3.8) is 0 Å². The summed E-state index contributed by atoms with van der Waals surface area (Å²) in [5, 5.41) is 11.0. The van der Waals surface area contributed by atoms with E-state index in [1.54, 1.807) is 13.8 Å². The van der Waals surface area contributed by atoms with E-state index in [-0.39, 0.29) is 10.9 Å². The monoisotopic (exact) mass is 349 g/mol. The number of benzene rings is 1. The van der Waals surface area contributed by atoms with E-state index in [1.807, 2.05) is 0 Å². The predicted molar refractivity (Wildman–Crippen MR) is 80.9 cm³/mol. The summed E-state index contributed by atoms with van der Waals surface area (Å²) in [5.74, 6) is -1.21. The van der Waals surface area contributed by atoms with Crippen molar-refractivity contribution in [3.05, 3.63) is 33.3 Å². The maximum atomic E-state index is 12.3. The number of amides is 1. The zero-order valence-corrected chi connectivity index (χ0v) is 13.5. The third-order valence-electron chi connectivity index (χ3n) is 3.21. The van der Waals surface area contributed by atoms with Gasteiger partial charge in [-0.15, -0.1) is 0 Å². The van der Waals surface area contributed by atoms with E-state index in [4.69, 9.17) is 17.3 Å². The second kappa shape index (κ2) is 7.03. The molecule has 0 radical (unpaired) electrons. The molecule has 8 nitrogen and oxygen atoms in total. The third kappa shape index (κ3) is 4.15. The van der Waals surface area contributed by atoms with Gasteiger partial charge in [0.25, 0.3) is 5.69 Å². The van der Waals surface area contributed by atoms with Gasteiger partial charge in [0.05, 0.1) is 4.92 Å². The largest absolute Gasteiger partial charge is 0.368 e. The van der Waals surface area contributed by atoms with Gasteiger partial charge in [-0.05, 0) is 18.1 Å². The van der Waals surface area contributed by atoms with Crippen molar-refractivity contribution in [2.45, 2.75) is 31.2 Å². The first-order valence-corrected chi connectivity index (χ1v) is 8.21. The number of nitrogens with two attached hydrogens (primary N) is 1. The molecule has 22 heavy (non-hydrogen) atoms. The van der Waals surface area contributed by atoms with Crippen molar-refractivity contribution < 1.29 is 18.1 Å². The Kier molecular flexibility index (Phi) is 5.86. The van der Waals surface area contributed by atoms with E-state index in [2.05, 4.69) is 4.72 Å². The van der Waals surface area contributed by atoms with Crippen LogP contribution in [0.1, 0.15) is 20.3 Å². The minimum atomic E-state index is -4.30. The van der Waals surface area contributed by atoms with Gasteiger partial charge in [-0.25, -0.2) is 8.42 Å². The van der Waals surface area contributed by atoms with Crippen molar-refractivity contribution in [1.82, 2.24) is 4.72 Å². The van der Waals surface area contributed by atoms with Gasteiger partial charge in [0.1, 0.15) is 6.04 Å². The molecule has 0 fully saturated rings. The van der Waals surface area contributed by atoms with Crippen molar-refractivity contribution in [2.75, 3.05) is 0 Å². The lowest BCUT2D eigenvalue weighted by molar-refractivity contribution is -0.387. The third-order valence-corrected chi connectivity index (χ3v) is 4.93. The van der Waals surface area contributed by atoms with Gasteiger partial charge in [0.2, 0.25) is 15.9 Å². The molecule has 0 saturated heterocycles. The van der Waals surface area contributed by atoms with Gasteiger partial charge in [-0.3, -0.25) is 14.9 Å². The molecule has 2 atom stereocenters. The molecule has 1 rings (SSSR count). The fourth-order valence-electron chi connectivity index (χ4n) is 1.78. The molecular weight excluding hydrogens is 334 g/mol. The zero-order valence-electron chi connectivity index (χ0n) is 11.9. The number of nitro benzene ring substituents is 1. The van der Waals surface area contributed by atoms with Crippen LogP contribution in [0.5, 0.6) is 0 Å². The number of carbonyl (C=O) groups excluding carboxylic acids is 1. The van der Waals surface area contributed by atoms with E-state index in [1.165, 1.54) is 6.07 Å². The smallest absolute Gasteiger partial charge is 0.290 e. The van der Waals surface area contributed by atoms with Crippen LogP contribution in [-0.4, -0.2) is 25.3 Å². The average Bonchev–Trinajstić information content (AvgIpc) is 2.43. The summed E-state index contributed by atoms with van der Waals surface area (Å²) < 4.78 is 26.8. The summed E-state index contributed by atoms with van der Waals surface area (Å²) in [4.78, 5) is 21.0. The highest BCUT2D eigenvalue weighted by atomic mass is 35.5. The summed E-state index contributed by atoms with van der Waals surface area (Å²) in [7, 11) is -4.30. The molecule has 0 spiro atoms. The molecule has 0 aliphatic heterocycles. The molecule has 0 aliphatic carbocycles. The first-order chi connectivity index (χ1) is 10.1. The van der Waals surface area contributed by atoms with E-state index in [0.717, 1.165) is 12.1 Å². The number of nitrogens with one attached hydrogen (secondary N) is 1. The van der Waals surface area contributed by atoms with Gasteiger partial charge in [-0.1, -0.05) is 31.9 Å². The van der Waals surface area contributed by atoms with E-state index < -0.39 is 37.5 Å². The number of primary amides is 1. The summed E-state index contributed by atoms with van der Waals surface area (Å²) >= 11 is 5.65. The molecule has 0 aliphatic rings. The predicted octanol–water partition coefficient (Wildman–Crippen LogP) is 1.43. The Labute approximate surface area is 132 Å². The normalized spacial score (nSPS) is 14.3. The molecular formula is C12H16ClN3O5S. The van der Waals surface area contributed by atoms with Gasteiger partial charge >= 0.3 is 0 Å². The zero-order chi connectivity index (χ0) is 17.1. The number of sulfonamides is 1. The number of nitro groups is 1. The summed E-state index contributed by atoms with van der Waals surface area (Å²) in [6.45, 7) is 3.41. The molecule has 1 aromatic rings. The SMILES string of the molecule is CCC(C)C(NS(=O)(=O)c1ccc(Cl)cc1[N+](=O)[O-])C(N)=O. The minimum absolute atomic E-state index is 0.0269. The molecule has 0 aromatic heterocycles. The van der Waals surface area contributed by atoms with Crippen LogP contribution in [0.25, 0.3) is 0 Å². The van der Waals surface area contributed by atoms with Crippen LogP contribution in [0, 0.1) is 16.0 Å². The molecule has 0 heterocycles. The van der Waals surface area contributed by atoms with E-state index >= 15 is 0 Å². The van der Waals surface area contributed by atoms with Crippen LogP contribution in [0.15, 0.2) is 23.1 Å². The summed E-state index contributed by atoms with van der Waals surface area (Å²) in [6, 6.07) is 1.99. The number of hydrogen-bond acceptors (Lipinski definition) is 5. The Balaban J connectivity index is 3.30. The highest BCUT2D eigenvalue weighted by Crippen LogP contribution is 2.27. The van der Waals surface area contributed by atoms with Crippen molar-refractivity contribution in [2.24, 2.45) is 11.7 Å². The van der Waals surface area contributed by atoms with Crippen LogP contribution in [0.2, 0.25) is 5.02 Å². The molecule has 1 aromatic carbocycles. The topological polar surface area (TPSA) is 132 Å². The van der Waals surface area contributed by atoms with Crippen LogP contribution < -0.4 is 10.5 Å². The lowest BCUT2D eigenvalue weighted by atomic mass is 10.00. The van der Waals surface area contributed by atoms with Gasteiger partial charge in [-0.2, -0.15) is 4.72 Å². The fraction of sp³-hybridized carbons (Fsp3) is 0.417. The second-order valence-corrected chi connectivity index (χ2v) is 6.87. The van der Waals surface area contributed by atoms with Gasteiger partial charge < -0.3 is 5.73 Å². The molecule has 3 N–H and O–H groups in total. The highest BCUT2D eigenvalue weighted by Gasteiger charge is 2.32. The molecule has 0 saturated carbocycles. The summed E-state index contributed by atoms with van der Waals surface area (Å²) in [5.41, 5.74) is 4.53. The fourth-order valence-corrected chi connectivity index (χ4v) is 3.41. The average molecular weight is 350 g/mol. The Morgan fingerprint density at radius 1 is 1.50 bits per heavy atom. The molecule has 0 bridgehead atoms. The standard InChI is InChI=1S/C12H16ClN3O5S/c1-3-7(2)11(12(14)17)15-22(20,21)10-5-4-8(13)6-9(10)16(18)19/h4-7,11,15H,3H2,1-2H3,(H2,14,17). The lowest BCUT2D eigenvalue weighted by Gasteiger charge is -2.21.